The quantitative estimate of drug-likeness (QED) is 0.914. The third kappa shape index (κ3) is 2.69. The molecule has 1 aliphatic heterocycles. The van der Waals surface area contributed by atoms with E-state index in [0.29, 0.717) is 5.41 Å². The van der Waals surface area contributed by atoms with Gasteiger partial charge in [0.1, 0.15) is 0 Å². The first-order chi connectivity index (χ1) is 9.72. The molecule has 1 saturated carbocycles. The lowest BCUT2D eigenvalue weighted by molar-refractivity contribution is 0.226. The summed E-state index contributed by atoms with van der Waals surface area (Å²) in [6.45, 7) is 4.49. The maximum Gasteiger partial charge on any atom is 0.0572 e. The summed E-state index contributed by atoms with van der Waals surface area (Å²) >= 11 is 0. The van der Waals surface area contributed by atoms with E-state index in [4.69, 9.17) is 5.73 Å². The number of piperidine rings is 1. The van der Waals surface area contributed by atoms with Gasteiger partial charge in [0.15, 0.2) is 0 Å². The van der Waals surface area contributed by atoms with Gasteiger partial charge < -0.3 is 10.6 Å². The first-order valence-electron chi connectivity index (χ1n) is 8.19. The van der Waals surface area contributed by atoms with Crippen LogP contribution in [0.2, 0.25) is 0 Å². The highest BCUT2D eigenvalue weighted by Crippen LogP contribution is 2.46. The van der Waals surface area contributed by atoms with Gasteiger partial charge in [0.25, 0.3) is 0 Å². The van der Waals surface area contributed by atoms with E-state index in [-0.39, 0.29) is 6.04 Å². The van der Waals surface area contributed by atoms with Crippen LogP contribution in [-0.4, -0.2) is 18.1 Å². The van der Waals surface area contributed by atoms with Crippen LogP contribution in [-0.2, 0) is 0 Å². The molecule has 1 aliphatic carbocycles. The molecule has 0 bridgehead atoms. The van der Waals surface area contributed by atoms with Gasteiger partial charge in [-0.15, -0.1) is 0 Å². The van der Waals surface area contributed by atoms with Gasteiger partial charge in [-0.3, -0.25) is 4.98 Å². The molecule has 1 saturated heterocycles. The first kappa shape index (κ1) is 13.9. The van der Waals surface area contributed by atoms with Crippen molar-refractivity contribution in [1.82, 2.24) is 4.98 Å². The molecule has 2 fully saturated rings. The Balaban J connectivity index is 1.63. The number of nitrogens with two attached hydrogens (primary N) is 1. The predicted octanol–water partition coefficient (Wildman–Crippen LogP) is 3.65. The Kier molecular flexibility index (Phi) is 3.97. The zero-order valence-corrected chi connectivity index (χ0v) is 12.6. The topological polar surface area (TPSA) is 42.1 Å². The van der Waals surface area contributed by atoms with Gasteiger partial charge >= 0.3 is 0 Å². The second kappa shape index (κ2) is 5.72. The van der Waals surface area contributed by atoms with Crippen LogP contribution < -0.4 is 10.6 Å². The fraction of sp³-hybridized carbons (Fsp3) is 0.706. The van der Waals surface area contributed by atoms with Crippen LogP contribution in [0.5, 0.6) is 0 Å². The van der Waals surface area contributed by atoms with Crippen LogP contribution in [0.1, 0.15) is 63.6 Å². The molecule has 2 N–H and O–H groups in total. The number of hydrogen-bond donors (Lipinski definition) is 1. The van der Waals surface area contributed by atoms with Crippen LogP contribution in [0.4, 0.5) is 5.69 Å². The van der Waals surface area contributed by atoms with Crippen molar-refractivity contribution in [3.05, 3.63) is 24.0 Å². The Morgan fingerprint density at radius 1 is 1.20 bits per heavy atom. The summed E-state index contributed by atoms with van der Waals surface area (Å²) in [5.41, 5.74) is 9.00. The average molecular weight is 273 g/mol. The highest BCUT2D eigenvalue weighted by atomic mass is 15.1. The van der Waals surface area contributed by atoms with Gasteiger partial charge in [-0.1, -0.05) is 19.8 Å². The first-order valence-corrected chi connectivity index (χ1v) is 8.19. The Bertz CT molecular complexity index is 424. The fourth-order valence-corrected chi connectivity index (χ4v) is 3.88. The van der Waals surface area contributed by atoms with Gasteiger partial charge in [-0.05, 0) is 49.7 Å². The molecule has 1 atom stereocenters. The number of anilines is 1. The number of rotatable bonds is 3. The fourth-order valence-electron chi connectivity index (χ4n) is 3.88. The number of nitrogens with zero attached hydrogens (tertiary/aromatic N) is 2. The van der Waals surface area contributed by atoms with Crippen molar-refractivity contribution >= 4 is 5.69 Å². The molecule has 3 rings (SSSR count). The highest BCUT2D eigenvalue weighted by Gasteiger charge is 2.36. The SMILES string of the molecule is CC[C@H](N)c1ccc(N2CCC3(CCCC3)CC2)cn1. The molecule has 3 nitrogen and oxygen atoms in total. The zero-order valence-electron chi connectivity index (χ0n) is 12.6. The highest BCUT2D eigenvalue weighted by molar-refractivity contribution is 5.45. The normalized spacial score (nSPS) is 23.2. The summed E-state index contributed by atoms with van der Waals surface area (Å²) < 4.78 is 0. The molecule has 0 radical (unpaired) electrons. The third-order valence-electron chi connectivity index (χ3n) is 5.44. The molecule has 1 aromatic heterocycles. The molecule has 0 unspecified atom stereocenters. The second-order valence-electron chi connectivity index (χ2n) is 6.65. The second-order valence-corrected chi connectivity index (χ2v) is 6.65. The van der Waals surface area contributed by atoms with Crippen molar-refractivity contribution < 1.29 is 0 Å². The summed E-state index contributed by atoms with van der Waals surface area (Å²) in [6, 6.07) is 4.38. The summed E-state index contributed by atoms with van der Waals surface area (Å²) in [5, 5.41) is 0. The maximum absolute atomic E-state index is 6.03. The molecule has 110 valence electrons. The number of hydrogen-bond acceptors (Lipinski definition) is 3. The lowest BCUT2D eigenvalue weighted by Gasteiger charge is -2.40. The monoisotopic (exact) mass is 273 g/mol. The summed E-state index contributed by atoms with van der Waals surface area (Å²) in [6.07, 6.45) is 11.5. The van der Waals surface area contributed by atoms with Crippen molar-refractivity contribution in [1.29, 1.82) is 0 Å². The lowest BCUT2D eigenvalue weighted by Crippen LogP contribution is -2.38. The Labute approximate surface area is 122 Å². The Morgan fingerprint density at radius 2 is 1.90 bits per heavy atom. The lowest BCUT2D eigenvalue weighted by atomic mass is 9.77. The van der Waals surface area contributed by atoms with Crippen molar-refractivity contribution in [2.75, 3.05) is 18.0 Å². The van der Waals surface area contributed by atoms with E-state index in [1.54, 1.807) is 0 Å². The molecule has 0 amide bonds. The molecule has 1 aromatic rings. The van der Waals surface area contributed by atoms with Crippen LogP contribution in [0.25, 0.3) is 0 Å². The van der Waals surface area contributed by atoms with E-state index >= 15 is 0 Å². The van der Waals surface area contributed by atoms with E-state index in [2.05, 4.69) is 28.9 Å². The van der Waals surface area contributed by atoms with Gasteiger partial charge in [0.05, 0.1) is 17.6 Å². The minimum absolute atomic E-state index is 0.0761. The van der Waals surface area contributed by atoms with Crippen LogP contribution in [0.15, 0.2) is 18.3 Å². The summed E-state index contributed by atoms with van der Waals surface area (Å²) in [4.78, 5) is 7.04. The molecular formula is C17H27N3. The Morgan fingerprint density at radius 3 is 2.45 bits per heavy atom. The van der Waals surface area contributed by atoms with Crippen molar-refractivity contribution in [3.8, 4) is 0 Å². The molecule has 2 aliphatic rings. The minimum Gasteiger partial charge on any atom is -0.370 e. The van der Waals surface area contributed by atoms with Crippen molar-refractivity contribution in [2.45, 2.75) is 57.9 Å². The molecule has 3 heteroatoms. The van der Waals surface area contributed by atoms with Gasteiger partial charge in [-0.2, -0.15) is 0 Å². The van der Waals surface area contributed by atoms with Crippen LogP contribution in [0, 0.1) is 5.41 Å². The van der Waals surface area contributed by atoms with E-state index in [9.17, 15) is 0 Å². The molecule has 2 heterocycles. The van der Waals surface area contributed by atoms with Gasteiger partial charge in [0.2, 0.25) is 0 Å². The largest absolute Gasteiger partial charge is 0.370 e. The minimum atomic E-state index is 0.0761. The molecule has 0 aromatic carbocycles. The number of pyridine rings is 1. The van der Waals surface area contributed by atoms with Gasteiger partial charge in [0, 0.05) is 19.1 Å². The standard InChI is InChI=1S/C17H27N3/c1-2-15(18)16-6-5-14(13-19-16)20-11-9-17(10-12-20)7-3-4-8-17/h5-6,13,15H,2-4,7-12,18H2,1H3/t15-/m0/s1. The predicted molar refractivity (Wildman–Crippen MR) is 83.8 cm³/mol. The molecule has 1 spiro atoms. The van der Waals surface area contributed by atoms with Crippen molar-refractivity contribution in [3.63, 3.8) is 0 Å². The van der Waals surface area contributed by atoms with Crippen LogP contribution >= 0.6 is 0 Å². The van der Waals surface area contributed by atoms with E-state index in [1.165, 1.54) is 57.3 Å². The van der Waals surface area contributed by atoms with E-state index in [1.807, 2.05) is 6.20 Å². The number of aromatic nitrogens is 1. The molecular weight excluding hydrogens is 246 g/mol. The maximum atomic E-state index is 6.03. The van der Waals surface area contributed by atoms with Crippen molar-refractivity contribution in [2.24, 2.45) is 11.1 Å². The van der Waals surface area contributed by atoms with Gasteiger partial charge in [-0.25, -0.2) is 0 Å². The molecule has 20 heavy (non-hydrogen) atoms. The summed E-state index contributed by atoms with van der Waals surface area (Å²) in [5.74, 6) is 0. The van der Waals surface area contributed by atoms with E-state index < -0.39 is 0 Å². The Hall–Kier alpha value is -1.09. The smallest absolute Gasteiger partial charge is 0.0572 e. The van der Waals surface area contributed by atoms with E-state index in [0.717, 1.165) is 12.1 Å². The average Bonchev–Trinajstić information content (AvgIpc) is 2.96. The zero-order chi connectivity index (χ0) is 14.0. The van der Waals surface area contributed by atoms with Crippen LogP contribution in [0.3, 0.4) is 0 Å². The summed E-state index contributed by atoms with van der Waals surface area (Å²) in [7, 11) is 0. The third-order valence-corrected chi connectivity index (χ3v) is 5.44.